The minimum Gasteiger partial charge on any atom is -0.489 e. The summed E-state index contributed by atoms with van der Waals surface area (Å²) >= 11 is 11.9. The molecule has 2 aromatic rings. The number of rotatable bonds is 6. The zero-order valence-electron chi connectivity index (χ0n) is 11.2. The Morgan fingerprint density at radius 3 is 2.62 bits per heavy atom. The molecule has 0 bridgehead atoms. The average molecular weight is 325 g/mol. The number of benzene rings is 1. The number of carbonyl (C=O) groups excluding carboxylic acids is 1. The molecule has 110 valence electrons. The van der Waals surface area contributed by atoms with Crippen LogP contribution in [0, 0.1) is 0 Å². The second kappa shape index (κ2) is 7.86. The highest BCUT2D eigenvalue weighted by Crippen LogP contribution is 2.32. The standard InChI is InChI=1S/C15H14Cl2N2O2/c16-12-4-1-5-13(17)15(12)21-8-7-19-14(20)9-11-3-2-6-18-10-11/h1-6,10H,7-9H2,(H,19,20). The molecule has 21 heavy (non-hydrogen) atoms. The van der Waals surface area contributed by atoms with Crippen LogP contribution in [0.4, 0.5) is 0 Å². The maximum absolute atomic E-state index is 11.7. The van der Waals surface area contributed by atoms with Crippen LogP contribution in [0.2, 0.25) is 10.0 Å². The summed E-state index contributed by atoms with van der Waals surface area (Å²) in [6.45, 7) is 0.670. The Morgan fingerprint density at radius 1 is 1.19 bits per heavy atom. The second-order valence-corrected chi connectivity index (χ2v) is 5.10. The lowest BCUT2D eigenvalue weighted by atomic mass is 10.2. The van der Waals surface area contributed by atoms with Crippen LogP contribution in [-0.2, 0) is 11.2 Å². The number of carbonyl (C=O) groups is 1. The van der Waals surface area contributed by atoms with Crippen molar-refractivity contribution in [2.45, 2.75) is 6.42 Å². The zero-order valence-corrected chi connectivity index (χ0v) is 12.7. The largest absolute Gasteiger partial charge is 0.489 e. The molecule has 0 aliphatic heterocycles. The predicted molar refractivity (Wildman–Crippen MR) is 82.9 cm³/mol. The first-order valence-corrected chi connectivity index (χ1v) is 7.15. The molecule has 6 heteroatoms. The minimum atomic E-state index is -0.0862. The van der Waals surface area contributed by atoms with Crippen molar-refractivity contribution in [3.8, 4) is 5.75 Å². The molecule has 0 radical (unpaired) electrons. The quantitative estimate of drug-likeness (QED) is 0.830. The Bertz CT molecular complexity index is 586. The molecule has 0 spiro atoms. The molecule has 1 aromatic carbocycles. The third-order valence-electron chi connectivity index (χ3n) is 2.68. The number of nitrogens with one attached hydrogen (secondary N) is 1. The van der Waals surface area contributed by atoms with Gasteiger partial charge in [-0.15, -0.1) is 0 Å². The van der Waals surface area contributed by atoms with E-state index in [1.807, 2.05) is 6.07 Å². The van der Waals surface area contributed by atoms with Crippen LogP contribution in [0.1, 0.15) is 5.56 Å². The Labute approximate surface area is 133 Å². The first-order chi connectivity index (χ1) is 10.2. The van der Waals surface area contributed by atoms with E-state index in [1.54, 1.807) is 36.7 Å². The van der Waals surface area contributed by atoms with E-state index in [0.29, 0.717) is 35.4 Å². The number of hydrogen-bond donors (Lipinski definition) is 1. The summed E-state index contributed by atoms with van der Waals surface area (Å²) in [5.41, 5.74) is 0.866. The van der Waals surface area contributed by atoms with Crippen LogP contribution < -0.4 is 10.1 Å². The number of nitrogens with zero attached hydrogens (tertiary/aromatic N) is 1. The number of pyridine rings is 1. The van der Waals surface area contributed by atoms with Crippen LogP contribution >= 0.6 is 23.2 Å². The number of hydrogen-bond acceptors (Lipinski definition) is 3. The van der Waals surface area contributed by atoms with Crippen molar-refractivity contribution >= 4 is 29.1 Å². The summed E-state index contributed by atoms with van der Waals surface area (Å²) in [5.74, 6) is 0.346. The molecule has 2 rings (SSSR count). The lowest BCUT2D eigenvalue weighted by molar-refractivity contribution is -0.120. The fourth-order valence-corrected chi connectivity index (χ4v) is 2.22. The van der Waals surface area contributed by atoms with Crippen molar-refractivity contribution in [3.63, 3.8) is 0 Å². The molecule has 0 fully saturated rings. The van der Waals surface area contributed by atoms with Crippen molar-refractivity contribution < 1.29 is 9.53 Å². The molecule has 1 heterocycles. The van der Waals surface area contributed by atoms with Gasteiger partial charge in [0.05, 0.1) is 23.0 Å². The van der Waals surface area contributed by atoms with Gasteiger partial charge in [0.1, 0.15) is 6.61 Å². The van der Waals surface area contributed by atoms with Gasteiger partial charge in [0.25, 0.3) is 0 Å². The van der Waals surface area contributed by atoms with E-state index < -0.39 is 0 Å². The van der Waals surface area contributed by atoms with Crippen LogP contribution in [-0.4, -0.2) is 24.0 Å². The number of halogens is 2. The number of ether oxygens (including phenoxy) is 1. The summed E-state index contributed by atoms with van der Waals surface area (Å²) < 4.78 is 5.48. The van der Waals surface area contributed by atoms with Gasteiger partial charge in [0.15, 0.2) is 5.75 Å². The first-order valence-electron chi connectivity index (χ1n) is 6.39. The maximum Gasteiger partial charge on any atom is 0.224 e. The van der Waals surface area contributed by atoms with Crippen molar-refractivity contribution in [1.29, 1.82) is 0 Å². The van der Waals surface area contributed by atoms with Gasteiger partial charge in [-0.05, 0) is 23.8 Å². The van der Waals surface area contributed by atoms with Crippen molar-refractivity contribution in [2.75, 3.05) is 13.2 Å². The summed E-state index contributed by atoms with van der Waals surface area (Å²) in [6, 6.07) is 8.79. The number of amides is 1. The molecule has 0 unspecified atom stereocenters. The number of para-hydroxylation sites is 1. The van der Waals surface area contributed by atoms with Crippen LogP contribution in [0.3, 0.4) is 0 Å². The summed E-state index contributed by atoms with van der Waals surface area (Å²) in [4.78, 5) is 15.7. The lowest BCUT2D eigenvalue weighted by Gasteiger charge is -2.10. The predicted octanol–water partition coefficient (Wildman–Crippen LogP) is 3.13. The monoisotopic (exact) mass is 324 g/mol. The molecule has 0 aliphatic carbocycles. The smallest absolute Gasteiger partial charge is 0.224 e. The van der Waals surface area contributed by atoms with E-state index in [0.717, 1.165) is 5.56 Å². The Balaban J connectivity index is 1.74. The van der Waals surface area contributed by atoms with Gasteiger partial charge in [0.2, 0.25) is 5.91 Å². The van der Waals surface area contributed by atoms with Gasteiger partial charge in [-0.2, -0.15) is 0 Å². The fraction of sp³-hybridized carbons (Fsp3) is 0.200. The highest BCUT2D eigenvalue weighted by molar-refractivity contribution is 6.37. The van der Waals surface area contributed by atoms with Crippen LogP contribution in [0.15, 0.2) is 42.7 Å². The van der Waals surface area contributed by atoms with Gasteiger partial charge in [-0.1, -0.05) is 35.3 Å². The van der Waals surface area contributed by atoms with Crippen LogP contribution in [0.25, 0.3) is 0 Å². The SMILES string of the molecule is O=C(Cc1cccnc1)NCCOc1c(Cl)cccc1Cl. The molecular formula is C15H14Cl2N2O2. The van der Waals surface area contributed by atoms with Gasteiger partial charge in [0, 0.05) is 12.4 Å². The van der Waals surface area contributed by atoms with E-state index in [2.05, 4.69) is 10.3 Å². The summed E-state index contributed by atoms with van der Waals surface area (Å²) in [7, 11) is 0. The molecule has 4 nitrogen and oxygen atoms in total. The van der Waals surface area contributed by atoms with Gasteiger partial charge in [-0.3, -0.25) is 9.78 Å². The topological polar surface area (TPSA) is 51.2 Å². The zero-order chi connectivity index (χ0) is 15.1. The minimum absolute atomic E-state index is 0.0862. The third-order valence-corrected chi connectivity index (χ3v) is 3.27. The normalized spacial score (nSPS) is 10.2. The summed E-state index contributed by atoms with van der Waals surface area (Å²) in [6.07, 6.45) is 3.63. The van der Waals surface area contributed by atoms with Gasteiger partial charge >= 0.3 is 0 Å². The fourth-order valence-electron chi connectivity index (χ4n) is 1.71. The van der Waals surface area contributed by atoms with E-state index in [9.17, 15) is 4.79 Å². The molecule has 1 amide bonds. The van der Waals surface area contributed by atoms with Gasteiger partial charge < -0.3 is 10.1 Å². The van der Waals surface area contributed by atoms with Gasteiger partial charge in [-0.25, -0.2) is 0 Å². The molecule has 0 atom stereocenters. The maximum atomic E-state index is 11.7. The van der Waals surface area contributed by atoms with E-state index in [-0.39, 0.29) is 5.91 Å². The Morgan fingerprint density at radius 2 is 1.95 bits per heavy atom. The molecule has 0 saturated carbocycles. The first kappa shape index (κ1) is 15.6. The molecule has 1 N–H and O–H groups in total. The summed E-state index contributed by atoms with van der Waals surface area (Å²) in [5, 5.41) is 3.66. The van der Waals surface area contributed by atoms with E-state index in [1.165, 1.54) is 0 Å². The highest BCUT2D eigenvalue weighted by atomic mass is 35.5. The third kappa shape index (κ3) is 4.92. The average Bonchev–Trinajstić information content (AvgIpc) is 2.47. The number of aromatic nitrogens is 1. The molecule has 1 aromatic heterocycles. The van der Waals surface area contributed by atoms with Crippen molar-refractivity contribution in [3.05, 3.63) is 58.3 Å². The Kier molecular flexibility index (Phi) is 5.84. The molecular weight excluding hydrogens is 311 g/mol. The highest BCUT2D eigenvalue weighted by Gasteiger charge is 2.07. The van der Waals surface area contributed by atoms with E-state index in [4.69, 9.17) is 27.9 Å². The molecule has 0 saturated heterocycles. The van der Waals surface area contributed by atoms with Crippen LogP contribution in [0.5, 0.6) is 5.75 Å². The van der Waals surface area contributed by atoms with Crippen molar-refractivity contribution in [2.24, 2.45) is 0 Å². The Hall–Kier alpha value is -1.78. The molecule has 0 aliphatic rings. The van der Waals surface area contributed by atoms with Crippen molar-refractivity contribution in [1.82, 2.24) is 10.3 Å². The second-order valence-electron chi connectivity index (χ2n) is 4.29. The van der Waals surface area contributed by atoms with E-state index >= 15 is 0 Å². The lowest BCUT2D eigenvalue weighted by Crippen LogP contribution is -2.29.